The van der Waals surface area contributed by atoms with Crippen molar-refractivity contribution in [2.75, 3.05) is 13.6 Å². The van der Waals surface area contributed by atoms with Gasteiger partial charge >= 0.3 is 0 Å². The quantitative estimate of drug-likeness (QED) is 0.792. The minimum absolute atomic E-state index is 0.198. The molecule has 0 fully saturated rings. The van der Waals surface area contributed by atoms with Crippen LogP contribution in [0.4, 0.5) is 0 Å². The third kappa shape index (κ3) is 3.56. The van der Waals surface area contributed by atoms with Crippen molar-refractivity contribution in [1.29, 1.82) is 5.26 Å². The van der Waals surface area contributed by atoms with Crippen molar-refractivity contribution in [2.24, 2.45) is 0 Å². The van der Waals surface area contributed by atoms with E-state index in [0.717, 1.165) is 18.4 Å². The predicted molar refractivity (Wildman–Crippen MR) is 70.5 cm³/mol. The van der Waals surface area contributed by atoms with Crippen molar-refractivity contribution in [2.45, 2.75) is 31.1 Å². The van der Waals surface area contributed by atoms with Crippen molar-refractivity contribution in [1.82, 2.24) is 4.31 Å². The van der Waals surface area contributed by atoms with Gasteiger partial charge in [0.15, 0.2) is 0 Å². The molecule has 4 nitrogen and oxygen atoms in total. The van der Waals surface area contributed by atoms with E-state index in [2.05, 4.69) is 6.92 Å². The second kappa shape index (κ2) is 6.53. The van der Waals surface area contributed by atoms with Crippen LogP contribution in [0.2, 0.25) is 0 Å². The Kier molecular flexibility index (Phi) is 5.32. The van der Waals surface area contributed by atoms with E-state index in [0.29, 0.717) is 0 Å². The number of hydrogen-bond donors (Lipinski definition) is 0. The van der Waals surface area contributed by atoms with Crippen LogP contribution in [0.1, 0.15) is 25.3 Å². The summed E-state index contributed by atoms with van der Waals surface area (Å²) in [5, 5.41) is 8.48. The van der Waals surface area contributed by atoms with Crippen LogP contribution >= 0.6 is 0 Å². The van der Waals surface area contributed by atoms with Crippen molar-refractivity contribution < 1.29 is 8.42 Å². The first-order valence-corrected chi connectivity index (χ1v) is 7.38. The highest BCUT2D eigenvalue weighted by Gasteiger charge is 2.19. The van der Waals surface area contributed by atoms with Gasteiger partial charge in [0.2, 0.25) is 10.0 Å². The fourth-order valence-electron chi connectivity index (χ4n) is 1.62. The SMILES string of the molecule is CCCc1ccc(S(=O)(=O)N(C)CCC#N)cc1. The number of nitrogens with zero attached hydrogens (tertiary/aromatic N) is 2. The molecule has 0 atom stereocenters. The van der Waals surface area contributed by atoms with E-state index in [1.54, 1.807) is 12.1 Å². The van der Waals surface area contributed by atoms with Crippen molar-refractivity contribution >= 4 is 10.0 Å². The molecule has 0 aliphatic heterocycles. The molecule has 0 amide bonds. The molecule has 0 radical (unpaired) electrons. The zero-order chi connectivity index (χ0) is 13.6. The molecular formula is C13H18N2O2S. The van der Waals surface area contributed by atoms with Crippen LogP contribution in [0.3, 0.4) is 0 Å². The molecule has 0 spiro atoms. The van der Waals surface area contributed by atoms with E-state index < -0.39 is 10.0 Å². The Balaban J connectivity index is 2.88. The van der Waals surface area contributed by atoms with Crippen molar-refractivity contribution in [3.05, 3.63) is 29.8 Å². The summed E-state index contributed by atoms with van der Waals surface area (Å²) < 4.78 is 25.5. The minimum Gasteiger partial charge on any atom is -0.207 e. The molecule has 0 bridgehead atoms. The fourth-order valence-corrected chi connectivity index (χ4v) is 2.80. The summed E-state index contributed by atoms with van der Waals surface area (Å²) in [6.07, 6.45) is 2.18. The highest BCUT2D eigenvalue weighted by Crippen LogP contribution is 2.16. The normalized spacial score (nSPS) is 11.4. The molecule has 98 valence electrons. The maximum Gasteiger partial charge on any atom is 0.242 e. The van der Waals surface area contributed by atoms with Gasteiger partial charge < -0.3 is 0 Å². The summed E-state index contributed by atoms with van der Waals surface area (Å²) >= 11 is 0. The number of aryl methyl sites for hydroxylation is 1. The molecule has 0 aromatic heterocycles. The maximum absolute atomic E-state index is 12.1. The predicted octanol–water partition coefficient (Wildman–Crippen LogP) is 2.17. The molecule has 0 saturated heterocycles. The molecule has 0 saturated carbocycles. The van der Waals surface area contributed by atoms with E-state index in [1.165, 1.54) is 11.4 Å². The lowest BCUT2D eigenvalue weighted by Crippen LogP contribution is -2.27. The molecule has 0 N–H and O–H groups in total. The molecule has 18 heavy (non-hydrogen) atoms. The number of benzene rings is 1. The Morgan fingerprint density at radius 2 is 1.89 bits per heavy atom. The average Bonchev–Trinajstić information content (AvgIpc) is 2.37. The number of sulfonamides is 1. The van der Waals surface area contributed by atoms with E-state index in [9.17, 15) is 8.42 Å². The van der Waals surface area contributed by atoms with Gasteiger partial charge in [-0.2, -0.15) is 9.57 Å². The molecule has 0 unspecified atom stereocenters. The van der Waals surface area contributed by atoms with E-state index in [4.69, 9.17) is 5.26 Å². The summed E-state index contributed by atoms with van der Waals surface area (Å²) in [5.41, 5.74) is 1.14. The highest BCUT2D eigenvalue weighted by molar-refractivity contribution is 7.89. The van der Waals surface area contributed by atoms with Crippen LogP contribution in [0.5, 0.6) is 0 Å². The second-order valence-electron chi connectivity index (χ2n) is 4.13. The number of rotatable bonds is 6. The van der Waals surface area contributed by atoms with Crippen molar-refractivity contribution in [3.8, 4) is 6.07 Å². The van der Waals surface area contributed by atoms with Gasteiger partial charge in [0.25, 0.3) is 0 Å². The first kappa shape index (κ1) is 14.7. The number of hydrogen-bond acceptors (Lipinski definition) is 3. The van der Waals surface area contributed by atoms with Crippen LogP contribution < -0.4 is 0 Å². The molecule has 0 heterocycles. The van der Waals surface area contributed by atoms with Crippen LogP contribution in [-0.4, -0.2) is 26.3 Å². The molecule has 1 aromatic rings. The van der Waals surface area contributed by atoms with Crippen LogP contribution in [0, 0.1) is 11.3 Å². The van der Waals surface area contributed by atoms with Gasteiger partial charge in [-0.15, -0.1) is 0 Å². The van der Waals surface area contributed by atoms with Gasteiger partial charge in [0, 0.05) is 20.0 Å². The largest absolute Gasteiger partial charge is 0.242 e. The molecule has 0 aliphatic rings. The third-order valence-electron chi connectivity index (χ3n) is 2.71. The Hall–Kier alpha value is -1.38. The van der Waals surface area contributed by atoms with Crippen LogP contribution in [0.25, 0.3) is 0 Å². The van der Waals surface area contributed by atoms with Gasteiger partial charge in [-0.3, -0.25) is 0 Å². The minimum atomic E-state index is -3.46. The Morgan fingerprint density at radius 1 is 1.28 bits per heavy atom. The third-order valence-corrected chi connectivity index (χ3v) is 4.58. The van der Waals surface area contributed by atoms with Crippen LogP contribution in [-0.2, 0) is 16.4 Å². The topological polar surface area (TPSA) is 61.2 Å². The monoisotopic (exact) mass is 266 g/mol. The molecule has 5 heteroatoms. The lowest BCUT2D eigenvalue weighted by Gasteiger charge is -2.15. The summed E-state index contributed by atoms with van der Waals surface area (Å²) in [6.45, 7) is 2.30. The van der Waals surface area contributed by atoms with Crippen LogP contribution in [0.15, 0.2) is 29.2 Å². The first-order chi connectivity index (χ1) is 8.52. The Labute approximate surface area is 109 Å². The Bertz CT molecular complexity index is 515. The lowest BCUT2D eigenvalue weighted by atomic mass is 10.1. The molecule has 0 aliphatic carbocycles. The van der Waals surface area contributed by atoms with Gasteiger partial charge in [-0.1, -0.05) is 25.5 Å². The van der Waals surface area contributed by atoms with Gasteiger partial charge in [-0.05, 0) is 24.1 Å². The van der Waals surface area contributed by atoms with E-state index >= 15 is 0 Å². The first-order valence-electron chi connectivity index (χ1n) is 5.94. The Morgan fingerprint density at radius 3 is 2.39 bits per heavy atom. The molecular weight excluding hydrogens is 248 g/mol. The van der Waals surface area contributed by atoms with Gasteiger partial charge in [-0.25, -0.2) is 8.42 Å². The summed E-state index contributed by atoms with van der Waals surface area (Å²) in [7, 11) is -1.97. The fraction of sp³-hybridized carbons (Fsp3) is 0.462. The zero-order valence-corrected chi connectivity index (χ0v) is 11.6. The lowest BCUT2D eigenvalue weighted by molar-refractivity contribution is 0.476. The zero-order valence-electron chi connectivity index (χ0n) is 10.8. The van der Waals surface area contributed by atoms with Gasteiger partial charge in [0.1, 0.15) is 0 Å². The summed E-state index contributed by atoms with van der Waals surface area (Å²) in [6, 6.07) is 8.88. The second-order valence-corrected chi connectivity index (χ2v) is 6.17. The highest BCUT2D eigenvalue weighted by atomic mass is 32.2. The van der Waals surface area contributed by atoms with Gasteiger partial charge in [0.05, 0.1) is 11.0 Å². The maximum atomic E-state index is 12.1. The molecule has 1 rings (SSSR count). The number of nitriles is 1. The average molecular weight is 266 g/mol. The summed E-state index contributed by atoms with van der Waals surface area (Å²) in [5.74, 6) is 0. The summed E-state index contributed by atoms with van der Waals surface area (Å²) in [4.78, 5) is 0.280. The van der Waals surface area contributed by atoms with E-state index in [1.807, 2.05) is 18.2 Å². The standard InChI is InChI=1S/C13H18N2O2S/c1-3-5-12-6-8-13(9-7-12)18(16,17)15(2)11-4-10-14/h6-9H,3-5,11H2,1-2H3. The van der Waals surface area contributed by atoms with Crippen molar-refractivity contribution in [3.63, 3.8) is 0 Å². The van der Waals surface area contributed by atoms with E-state index in [-0.39, 0.29) is 17.9 Å². The smallest absolute Gasteiger partial charge is 0.207 e. The molecule has 1 aromatic carbocycles.